The van der Waals surface area contributed by atoms with Crippen LogP contribution < -0.4 is 4.90 Å². The summed E-state index contributed by atoms with van der Waals surface area (Å²) in [6, 6.07) is 8.14. The normalized spacial score (nSPS) is 14.1. The number of alkyl halides is 3. The van der Waals surface area contributed by atoms with Crippen molar-refractivity contribution in [2.45, 2.75) is 39.5 Å². The van der Waals surface area contributed by atoms with Crippen LogP contribution in [-0.2, 0) is 17.8 Å². The van der Waals surface area contributed by atoms with Crippen molar-refractivity contribution in [1.29, 1.82) is 0 Å². The molecule has 3 heterocycles. The lowest BCUT2D eigenvalue weighted by Gasteiger charge is -2.32. The molecule has 192 valence electrons. The van der Waals surface area contributed by atoms with Crippen molar-refractivity contribution in [3.05, 3.63) is 58.1 Å². The molecule has 2 aromatic heterocycles. The monoisotopic (exact) mass is 531 g/mol. The summed E-state index contributed by atoms with van der Waals surface area (Å²) in [4.78, 5) is 6.59. The molecule has 0 N–H and O–H groups in total. The lowest BCUT2D eigenvalue weighted by Crippen LogP contribution is -2.30. The minimum atomic E-state index is -4.46. The number of hydrogen-bond donors (Lipinski definition) is 0. The van der Waals surface area contributed by atoms with Crippen LogP contribution in [0.1, 0.15) is 37.2 Å². The van der Waals surface area contributed by atoms with E-state index < -0.39 is 17.4 Å². The predicted octanol–water partition coefficient (Wildman–Crippen LogP) is 6.24. The van der Waals surface area contributed by atoms with Gasteiger partial charge in [-0.05, 0) is 56.5 Å². The predicted molar refractivity (Wildman–Crippen MR) is 132 cm³/mol. The molecule has 11 heteroatoms. The van der Waals surface area contributed by atoms with Crippen LogP contribution in [-0.4, -0.2) is 39.4 Å². The van der Waals surface area contributed by atoms with Crippen LogP contribution >= 0.6 is 11.6 Å². The summed E-state index contributed by atoms with van der Waals surface area (Å²) in [5, 5.41) is 8.60. The van der Waals surface area contributed by atoms with Crippen molar-refractivity contribution in [2.75, 3.05) is 18.6 Å². The van der Waals surface area contributed by atoms with Crippen LogP contribution in [0.2, 0.25) is 5.02 Å². The molecule has 0 unspecified atom stereocenters. The van der Waals surface area contributed by atoms with Crippen LogP contribution in [0.3, 0.4) is 0 Å². The number of methoxy groups -OCH3 is 1. The van der Waals surface area contributed by atoms with E-state index in [1.807, 2.05) is 11.0 Å². The standard InChI is InChI=1S/C26H22ClF4N5O/c1-25(2,26(29,30)31)12-11-15-6-4-8-18-16(15)7-5-13-35(18)23-21-19(10-9-17(28)22(21)27)36-20(14-37-3)33-34-24(36)32-23/h4,6,8-10H,5,7,13-14H2,1-3H3. The number of rotatable bonds is 3. The minimum absolute atomic E-state index is 0.103. The number of fused-ring (bicyclic) bond motifs is 4. The van der Waals surface area contributed by atoms with Crippen LogP contribution in [0.4, 0.5) is 29.1 Å². The summed E-state index contributed by atoms with van der Waals surface area (Å²) in [5.74, 6) is 5.68. The third kappa shape index (κ3) is 4.26. The summed E-state index contributed by atoms with van der Waals surface area (Å²) < 4.78 is 61.7. The fourth-order valence-electron chi connectivity index (χ4n) is 4.39. The van der Waals surface area contributed by atoms with Gasteiger partial charge in [0.2, 0.25) is 0 Å². The molecule has 1 aliphatic rings. The van der Waals surface area contributed by atoms with E-state index in [0.29, 0.717) is 47.5 Å². The number of anilines is 2. The van der Waals surface area contributed by atoms with E-state index in [4.69, 9.17) is 21.3 Å². The summed E-state index contributed by atoms with van der Waals surface area (Å²) >= 11 is 6.49. The molecule has 0 spiro atoms. The molecule has 0 atom stereocenters. The summed E-state index contributed by atoms with van der Waals surface area (Å²) in [6.07, 6.45) is -3.16. The molecule has 0 saturated heterocycles. The zero-order valence-electron chi connectivity index (χ0n) is 20.2. The van der Waals surface area contributed by atoms with Gasteiger partial charge in [-0.1, -0.05) is 29.5 Å². The second-order valence-corrected chi connectivity index (χ2v) is 9.68. The Morgan fingerprint density at radius 2 is 1.92 bits per heavy atom. The van der Waals surface area contributed by atoms with Crippen molar-refractivity contribution < 1.29 is 22.3 Å². The number of hydrogen-bond acceptors (Lipinski definition) is 5. The van der Waals surface area contributed by atoms with Crippen molar-refractivity contribution in [2.24, 2.45) is 5.41 Å². The maximum Gasteiger partial charge on any atom is 0.404 e. The SMILES string of the molecule is COCc1nnc2nc(N3CCCc4c(C#CC(C)(C)C(F)(F)F)cccc43)c3c(Cl)c(F)ccc3n12. The van der Waals surface area contributed by atoms with E-state index in [9.17, 15) is 17.6 Å². The summed E-state index contributed by atoms with van der Waals surface area (Å²) in [5.41, 5.74) is 0.414. The summed E-state index contributed by atoms with van der Waals surface area (Å²) in [7, 11) is 1.53. The highest BCUT2D eigenvalue weighted by Crippen LogP contribution is 2.41. The number of benzene rings is 2. The third-order valence-electron chi connectivity index (χ3n) is 6.45. The number of ether oxygens (including phenoxy) is 1. The third-order valence-corrected chi connectivity index (χ3v) is 6.82. The average molecular weight is 532 g/mol. The van der Waals surface area contributed by atoms with Gasteiger partial charge in [0.05, 0.1) is 15.9 Å². The van der Waals surface area contributed by atoms with Crippen molar-refractivity contribution in [1.82, 2.24) is 19.6 Å². The second kappa shape index (κ2) is 9.15. The van der Waals surface area contributed by atoms with Gasteiger partial charge in [0.15, 0.2) is 5.82 Å². The van der Waals surface area contributed by atoms with Crippen LogP contribution in [0.5, 0.6) is 0 Å². The molecule has 0 aliphatic carbocycles. The molecule has 5 rings (SSSR count). The van der Waals surface area contributed by atoms with Crippen LogP contribution in [0, 0.1) is 23.1 Å². The molecule has 2 aromatic carbocycles. The fraction of sp³-hybridized carbons (Fsp3) is 0.346. The van der Waals surface area contributed by atoms with Gasteiger partial charge in [-0.3, -0.25) is 4.40 Å². The lowest BCUT2D eigenvalue weighted by molar-refractivity contribution is -0.190. The average Bonchev–Trinajstić information content (AvgIpc) is 3.26. The Morgan fingerprint density at radius 3 is 2.65 bits per heavy atom. The van der Waals surface area contributed by atoms with E-state index in [0.717, 1.165) is 25.1 Å². The van der Waals surface area contributed by atoms with E-state index in [1.54, 1.807) is 22.6 Å². The van der Waals surface area contributed by atoms with Gasteiger partial charge >= 0.3 is 6.18 Å². The molecule has 0 bridgehead atoms. The molecular weight excluding hydrogens is 510 g/mol. The van der Waals surface area contributed by atoms with Gasteiger partial charge in [0.25, 0.3) is 5.78 Å². The Balaban J connectivity index is 1.71. The Kier molecular flexibility index (Phi) is 6.24. The van der Waals surface area contributed by atoms with Gasteiger partial charge in [-0.2, -0.15) is 18.2 Å². The molecule has 0 fully saturated rings. The first kappa shape index (κ1) is 25.2. The van der Waals surface area contributed by atoms with E-state index in [2.05, 4.69) is 22.0 Å². The van der Waals surface area contributed by atoms with Gasteiger partial charge < -0.3 is 9.64 Å². The maximum absolute atomic E-state index is 14.7. The molecule has 6 nitrogen and oxygen atoms in total. The van der Waals surface area contributed by atoms with E-state index in [-0.39, 0.29) is 17.4 Å². The number of aromatic nitrogens is 4. The number of halogens is 5. The highest BCUT2D eigenvalue weighted by molar-refractivity contribution is 6.36. The van der Waals surface area contributed by atoms with E-state index in [1.165, 1.54) is 13.2 Å². The van der Waals surface area contributed by atoms with Gasteiger partial charge in [0, 0.05) is 24.9 Å². The first-order valence-electron chi connectivity index (χ1n) is 11.5. The quantitative estimate of drug-likeness (QED) is 0.231. The molecule has 1 aliphatic heterocycles. The zero-order chi connectivity index (χ0) is 26.5. The van der Waals surface area contributed by atoms with Gasteiger partial charge in [-0.15, -0.1) is 10.2 Å². The highest BCUT2D eigenvalue weighted by Gasteiger charge is 2.46. The fourth-order valence-corrected chi connectivity index (χ4v) is 4.63. The minimum Gasteiger partial charge on any atom is -0.377 e. The molecular formula is C26H22ClF4N5O. The Labute approximate surface area is 215 Å². The Morgan fingerprint density at radius 1 is 1.14 bits per heavy atom. The van der Waals surface area contributed by atoms with Gasteiger partial charge in [-0.25, -0.2) is 4.39 Å². The molecule has 0 saturated carbocycles. The first-order valence-corrected chi connectivity index (χ1v) is 11.9. The molecule has 0 radical (unpaired) electrons. The summed E-state index contributed by atoms with van der Waals surface area (Å²) in [6.45, 7) is 2.80. The first-order chi connectivity index (χ1) is 17.5. The lowest BCUT2D eigenvalue weighted by atomic mass is 9.91. The van der Waals surface area contributed by atoms with Crippen molar-refractivity contribution in [3.63, 3.8) is 0 Å². The maximum atomic E-state index is 14.7. The topological polar surface area (TPSA) is 55.6 Å². The Hall–Kier alpha value is -3.42. The van der Waals surface area contributed by atoms with Crippen LogP contribution in [0.15, 0.2) is 30.3 Å². The van der Waals surface area contributed by atoms with E-state index >= 15 is 0 Å². The largest absolute Gasteiger partial charge is 0.404 e. The van der Waals surface area contributed by atoms with Gasteiger partial charge in [0.1, 0.15) is 23.7 Å². The number of nitrogens with zero attached hydrogens (tertiary/aromatic N) is 5. The zero-order valence-corrected chi connectivity index (χ0v) is 21.0. The second-order valence-electron chi connectivity index (χ2n) is 9.31. The highest BCUT2D eigenvalue weighted by atomic mass is 35.5. The molecule has 37 heavy (non-hydrogen) atoms. The molecule has 4 aromatic rings. The van der Waals surface area contributed by atoms with Crippen LogP contribution in [0.25, 0.3) is 16.7 Å². The smallest absolute Gasteiger partial charge is 0.377 e. The van der Waals surface area contributed by atoms with Crippen molar-refractivity contribution in [3.8, 4) is 11.8 Å². The molecule has 0 amide bonds. The Bertz CT molecular complexity index is 1590. The van der Waals surface area contributed by atoms with Crippen molar-refractivity contribution >= 4 is 39.8 Å².